The zero-order valence-corrected chi connectivity index (χ0v) is 14.7. The quantitative estimate of drug-likeness (QED) is 0.844. The number of hydrogen-bond donors (Lipinski definition) is 1. The van der Waals surface area contributed by atoms with Gasteiger partial charge in [0.1, 0.15) is 18.1 Å². The molecule has 1 atom stereocenters. The minimum Gasteiger partial charge on any atom is -0.491 e. The molecule has 0 aliphatic carbocycles. The normalized spacial score (nSPS) is 17.0. The third kappa shape index (κ3) is 4.97. The Labute approximate surface area is 154 Å². The van der Waals surface area contributed by atoms with Crippen LogP contribution in [0.25, 0.3) is 0 Å². The summed E-state index contributed by atoms with van der Waals surface area (Å²) in [6, 6.07) is 8.72. The number of carbonyl (C=O) groups is 1. The highest BCUT2D eigenvalue weighted by Crippen LogP contribution is 2.28. The van der Waals surface area contributed by atoms with Crippen LogP contribution in [0.4, 0.5) is 18.9 Å². The van der Waals surface area contributed by atoms with Gasteiger partial charge in [-0.3, -0.25) is 4.79 Å². The third-order valence-corrected chi connectivity index (χ3v) is 4.17. The van der Waals surface area contributed by atoms with E-state index in [0.717, 1.165) is 31.6 Å². The first-order chi connectivity index (χ1) is 12.8. The van der Waals surface area contributed by atoms with Crippen LogP contribution in [-0.2, 0) is 10.9 Å². The highest BCUT2D eigenvalue weighted by molar-refractivity contribution is 6.05. The van der Waals surface area contributed by atoms with Gasteiger partial charge in [0.05, 0.1) is 17.4 Å². The monoisotopic (exact) mass is 380 g/mol. The molecule has 1 aromatic carbocycles. The van der Waals surface area contributed by atoms with E-state index in [1.54, 1.807) is 24.3 Å². The molecule has 144 valence electrons. The Bertz CT molecular complexity index is 818. The van der Waals surface area contributed by atoms with Crippen LogP contribution in [0.3, 0.4) is 0 Å². The van der Waals surface area contributed by atoms with Crippen molar-refractivity contribution < 1.29 is 27.4 Å². The molecule has 5 nitrogen and oxygen atoms in total. The maximum atomic E-state index is 12.7. The minimum absolute atomic E-state index is 0.00751. The second-order valence-corrected chi connectivity index (χ2v) is 6.26. The summed E-state index contributed by atoms with van der Waals surface area (Å²) in [5.74, 6) is 0.0376. The number of halogens is 3. The molecule has 0 saturated carbocycles. The summed E-state index contributed by atoms with van der Waals surface area (Å²) in [4.78, 5) is 15.9. The second-order valence-electron chi connectivity index (χ2n) is 6.26. The molecule has 0 radical (unpaired) electrons. The van der Waals surface area contributed by atoms with Crippen LogP contribution in [0.5, 0.6) is 5.75 Å². The summed E-state index contributed by atoms with van der Waals surface area (Å²) in [5.41, 5.74) is -0.466. The van der Waals surface area contributed by atoms with E-state index in [1.165, 1.54) is 6.92 Å². The molecule has 27 heavy (non-hydrogen) atoms. The number of benzene rings is 1. The van der Waals surface area contributed by atoms with Crippen molar-refractivity contribution in [2.45, 2.75) is 32.0 Å². The van der Waals surface area contributed by atoms with Gasteiger partial charge in [-0.05, 0) is 44.0 Å². The van der Waals surface area contributed by atoms with Gasteiger partial charge >= 0.3 is 6.18 Å². The smallest absolute Gasteiger partial charge is 0.433 e. The summed E-state index contributed by atoms with van der Waals surface area (Å²) in [7, 11) is 0. The number of nitrogens with zero attached hydrogens (tertiary/aromatic N) is 1. The summed E-state index contributed by atoms with van der Waals surface area (Å²) in [6.07, 6.45) is -2.50. The average molecular weight is 380 g/mol. The van der Waals surface area contributed by atoms with E-state index in [2.05, 4.69) is 10.3 Å². The molecular weight excluding hydrogens is 361 g/mol. The lowest BCUT2D eigenvalue weighted by Crippen LogP contribution is -2.17. The van der Waals surface area contributed by atoms with Gasteiger partial charge < -0.3 is 14.8 Å². The number of nitrogens with one attached hydrogen (secondary N) is 1. The van der Waals surface area contributed by atoms with Crippen LogP contribution in [0.1, 0.15) is 34.6 Å². The number of carbonyl (C=O) groups excluding carboxylic acids is 1. The molecule has 0 spiro atoms. The van der Waals surface area contributed by atoms with Gasteiger partial charge in [0.15, 0.2) is 0 Å². The molecule has 1 saturated heterocycles. The van der Waals surface area contributed by atoms with Gasteiger partial charge in [-0.2, -0.15) is 13.2 Å². The lowest BCUT2D eigenvalue weighted by Gasteiger charge is -2.13. The van der Waals surface area contributed by atoms with Gasteiger partial charge in [0.25, 0.3) is 5.91 Å². The van der Waals surface area contributed by atoms with E-state index in [9.17, 15) is 18.0 Å². The standard InChI is InChI=1S/C19H19F3N2O3/c1-12-16(7-8-17(23-12)19(20,21)22)18(25)24-13-4-2-5-14(10-13)27-11-15-6-3-9-26-15/h2,4-5,7-8,10,15H,3,6,9,11H2,1H3,(H,24,25). The number of pyridine rings is 1. The SMILES string of the molecule is Cc1nc(C(F)(F)F)ccc1C(=O)Nc1cccc(OCC2CCCO2)c1. The zero-order chi connectivity index (χ0) is 19.4. The summed E-state index contributed by atoms with van der Waals surface area (Å²) >= 11 is 0. The van der Waals surface area contributed by atoms with Crippen molar-refractivity contribution >= 4 is 11.6 Å². The van der Waals surface area contributed by atoms with Crippen LogP contribution in [0.2, 0.25) is 0 Å². The molecule has 1 N–H and O–H groups in total. The van der Waals surface area contributed by atoms with E-state index in [0.29, 0.717) is 18.0 Å². The minimum atomic E-state index is -4.55. The fourth-order valence-electron chi connectivity index (χ4n) is 2.79. The lowest BCUT2D eigenvalue weighted by molar-refractivity contribution is -0.141. The Kier molecular flexibility index (Phi) is 5.65. The lowest BCUT2D eigenvalue weighted by atomic mass is 10.1. The predicted octanol–water partition coefficient (Wildman–Crippen LogP) is 4.22. The van der Waals surface area contributed by atoms with Crippen molar-refractivity contribution in [3.8, 4) is 5.75 Å². The van der Waals surface area contributed by atoms with Crippen molar-refractivity contribution in [3.05, 3.63) is 53.3 Å². The molecule has 1 aromatic heterocycles. The van der Waals surface area contributed by atoms with Crippen LogP contribution in [0, 0.1) is 6.92 Å². The number of alkyl halides is 3. The molecule has 1 aliphatic heterocycles. The fraction of sp³-hybridized carbons (Fsp3) is 0.368. The third-order valence-electron chi connectivity index (χ3n) is 4.17. The Hall–Kier alpha value is -2.61. The molecule has 8 heteroatoms. The van der Waals surface area contributed by atoms with Crippen molar-refractivity contribution in [2.24, 2.45) is 0 Å². The Balaban J connectivity index is 1.66. The van der Waals surface area contributed by atoms with E-state index in [-0.39, 0.29) is 17.4 Å². The van der Waals surface area contributed by atoms with Crippen molar-refractivity contribution in [2.75, 3.05) is 18.5 Å². The number of hydrogen-bond acceptors (Lipinski definition) is 4. The molecule has 1 fully saturated rings. The average Bonchev–Trinajstić information content (AvgIpc) is 3.13. The van der Waals surface area contributed by atoms with Gasteiger partial charge in [-0.15, -0.1) is 0 Å². The number of ether oxygens (including phenoxy) is 2. The van der Waals surface area contributed by atoms with Gasteiger partial charge in [-0.25, -0.2) is 4.98 Å². The summed E-state index contributed by atoms with van der Waals surface area (Å²) < 4.78 is 49.2. The molecular formula is C19H19F3N2O3. The maximum Gasteiger partial charge on any atom is 0.433 e. The van der Waals surface area contributed by atoms with Crippen LogP contribution < -0.4 is 10.1 Å². The number of aryl methyl sites for hydroxylation is 1. The van der Waals surface area contributed by atoms with Gasteiger partial charge in [0, 0.05) is 18.4 Å². The predicted molar refractivity (Wildman–Crippen MR) is 92.8 cm³/mol. The summed E-state index contributed by atoms with van der Waals surface area (Å²) in [6.45, 7) is 2.54. The van der Waals surface area contributed by atoms with E-state index < -0.39 is 17.8 Å². The molecule has 1 aliphatic rings. The van der Waals surface area contributed by atoms with E-state index >= 15 is 0 Å². The topological polar surface area (TPSA) is 60.5 Å². The number of aromatic nitrogens is 1. The van der Waals surface area contributed by atoms with Crippen LogP contribution in [-0.4, -0.2) is 30.2 Å². The number of anilines is 1. The van der Waals surface area contributed by atoms with E-state index in [1.807, 2.05) is 0 Å². The first-order valence-corrected chi connectivity index (χ1v) is 8.53. The number of rotatable bonds is 5. The Morgan fingerprint density at radius 2 is 2.15 bits per heavy atom. The van der Waals surface area contributed by atoms with Gasteiger partial charge in [-0.1, -0.05) is 6.07 Å². The fourth-order valence-corrected chi connectivity index (χ4v) is 2.79. The van der Waals surface area contributed by atoms with Crippen molar-refractivity contribution in [3.63, 3.8) is 0 Å². The molecule has 1 unspecified atom stereocenters. The van der Waals surface area contributed by atoms with Crippen LogP contribution in [0.15, 0.2) is 36.4 Å². The first-order valence-electron chi connectivity index (χ1n) is 8.53. The van der Waals surface area contributed by atoms with Gasteiger partial charge in [0.2, 0.25) is 0 Å². The number of amides is 1. The molecule has 0 bridgehead atoms. The summed E-state index contributed by atoms with van der Waals surface area (Å²) in [5, 5.41) is 2.65. The molecule has 1 amide bonds. The Morgan fingerprint density at radius 1 is 1.33 bits per heavy atom. The Morgan fingerprint density at radius 3 is 2.81 bits per heavy atom. The second kappa shape index (κ2) is 7.96. The highest BCUT2D eigenvalue weighted by atomic mass is 19.4. The molecule has 3 rings (SSSR count). The van der Waals surface area contributed by atoms with Crippen molar-refractivity contribution in [1.82, 2.24) is 4.98 Å². The largest absolute Gasteiger partial charge is 0.491 e. The first kappa shape index (κ1) is 19.2. The molecule has 2 heterocycles. The highest BCUT2D eigenvalue weighted by Gasteiger charge is 2.33. The van der Waals surface area contributed by atoms with Crippen molar-refractivity contribution in [1.29, 1.82) is 0 Å². The zero-order valence-electron chi connectivity index (χ0n) is 14.7. The maximum absolute atomic E-state index is 12.7. The molecule has 2 aromatic rings. The van der Waals surface area contributed by atoms with E-state index in [4.69, 9.17) is 9.47 Å². The van der Waals surface area contributed by atoms with Crippen LogP contribution >= 0.6 is 0 Å².